The molecule has 0 spiro atoms. The fourth-order valence-electron chi connectivity index (χ4n) is 1.95. The fraction of sp³-hybridized carbons (Fsp3) is 0.375. The summed E-state index contributed by atoms with van der Waals surface area (Å²) >= 11 is 0. The lowest BCUT2D eigenvalue weighted by atomic mass is 10.1. The molecule has 0 fully saturated rings. The van der Waals surface area contributed by atoms with E-state index in [1.165, 1.54) is 0 Å². The molecule has 2 N–H and O–H groups in total. The van der Waals surface area contributed by atoms with Gasteiger partial charge in [0.25, 0.3) is 0 Å². The second-order valence-corrected chi connectivity index (χ2v) is 5.76. The standard InChI is InChI=1S/C16H21N3O2/c1-16(2,3)21-15(20)19-10-9-18-14-6-4-5-12-11-17-8-7-13(12)14/h4-8,11,18H,9-10H2,1-3H3,(H,19,20). The number of hydrogen-bond acceptors (Lipinski definition) is 4. The third-order valence-corrected chi connectivity index (χ3v) is 2.79. The van der Waals surface area contributed by atoms with Crippen LogP contribution in [0.5, 0.6) is 0 Å². The molecule has 1 heterocycles. The molecule has 0 bridgehead atoms. The van der Waals surface area contributed by atoms with Gasteiger partial charge in [-0.05, 0) is 32.9 Å². The first kappa shape index (κ1) is 15.1. The first-order valence-corrected chi connectivity index (χ1v) is 6.99. The van der Waals surface area contributed by atoms with Crippen molar-refractivity contribution in [2.45, 2.75) is 26.4 Å². The minimum Gasteiger partial charge on any atom is -0.444 e. The van der Waals surface area contributed by atoms with Crippen LogP contribution < -0.4 is 10.6 Å². The van der Waals surface area contributed by atoms with Crippen LogP contribution in [0.2, 0.25) is 0 Å². The van der Waals surface area contributed by atoms with E-state index in [9.17, 15) is 4.79 Å². The number of nitrogens with one attached hydrogen (secondary N) is 2. The summed E-state index contributed by atoms with van der Waals surface area (Å²) in [5.74, 6) is 0. The third-order valence-electron chi connectivity index (χ3n) is 2.79. The van der Waals surface area contributed by atoms with E-state index in [4.69, 9.17) is 4.74 Å². The van der Waals surface area contributed by atoms with E-state index in [-0.39, 0.29) is 0 Å². The Labute approximate surface area is 124 Å². The highest BCUT2D eigenvalue weighted by atomic mass is 16.6. The van der Waals surface area contributed by atoms with Gasteiger partial charge in [-0.3, -0.25) is 4.98 Å². The van der Waals surface area contributed by atoms with Crippen molar-refractivity contribution < 1.29 is 9.53 Å². The fourth-order valence-corrected chi connectivity index (χ4v) is 1.95. The number of nitrogens with zero attached hydrogens (tertiary/aromatic N) is 1. The lowest BCUT2D eigenvalue weighted by Crippen LogP contribution is -2.35. The number of alkyl carbamates (subject to hydrolysis) is 1. The van der Waals surface area contributed by atoms with Gasteiger partial charge in [0.15, 0.2) is 0 Å². The molecule has 2 aromatic rings. The Balaban J connectivity index is 1.84. The molecule has 5 heteroatoms. The summed E-state index contributed by atoms with van der Waals surface area (Å²) in [4.78, 5) is 15.6. The zero-order valence-electron chi connectivity index (χ0n) is 12.6. The molecule has 112 valence electrons. The predicted molar refractivity (Wildman–Crippen MR) is 84.5 cm³/mol. The average molecular weight is 287 g/mol. The van der Waals surface area contributed by atoms with Crippen LogP contribution in [0.1, 0.15) is 20.8 Å². The summed E-state index contributed by atoms with van der Waals surface area (Å²) in [6.45, 7) is 6.65. The second-order valence-electron chi connectivity index (χ2n) is 5.76. The largest absolute Gasteiger partial charge is 0.444 e. The molecule has 2 rings (SSSR count). The van der Waals surface area contributed by atoms with Crippen molar-refractivity contribution in [1.82, 2.24) is 10.3 Å². The van der Waals surface area contributed by atoms with Crippen LogP contribution in [0.4, 0.5) is 10.5 Å². The molecule has 21 heavy (non-hydrogen) atoms. The molecule has 5 nitrogen and oxygen atoms in total. The first-order valence-electron chi connectivity index (χ1n) is 6.99. The van der Waals surface area contributed by atoms with Gasteiger partial charge in [0.1, 0.15) is 5.60 Å². The molecular formula is C16H21N3O2. The quantitative estimate of drug-likeness (QED) is 0.848. The van der Waals surface area contributed by atoms with E-state index in [0.717, 1.165) is 16.5 Å². The number of hydrogen-bond donors (Lipinski definition) is 2. The molecule has 0 saturated heterocycles. The summed E-state index contributed by atoms with van der Waals surface area (Å²) in [5, 5.41) is 8.23. The van der Waals surface area contributed by atoms with Crippen LogP contribution in [-0.4, -0.2) is 29.8 Å². The van der Waals surface area contributed by atoms with Crippen molar-refractivity contribution in [2.24, 2.45) is 0 Å². The Bertz CT molecular complexity index is 615. The number of benzene rings is 1. The van der Waals surface area contributed by atoms with Crippen molar-refractivity contribution in [3.63, 3.8) is 0 Å². The van der Waals surface area contributed by atoms with Gasteiger partial charge < -0.3 is 15.4 Å². The second kappa shape index (κ2) is 6.43. The lowest BCUT2D eigenvalue weighted by molar-refractivity contribution is 0.0530. The number of carbonyl (C=O) groups is 1. The molecule has 1 aromatic heterocycles. The van der Waals surface area contributed by atoms with Crippen LogP contribution in [-0.2, 0) is 4.74 Å². The molecule has 0 unspecified atom stereocenters. The van der Waals surface area contributed by atoms with Gasteiger partial charge in [-0.2, -0.15) is 0 Å². The molecule has 1 aromatic carbocycles. The minimum absolute atomic E-state index is 0.397. The van der Waals surface area contributed by atoms with Crippen LogP contribution in [0.3, 0.4) is 0 Å². The zero-order valence-corrected chi connectivity index (χ0v) is 12.6. The van der Waals surface area contributed by atoms with Crippen molar-refractivity contribution in [1.29, 1.82) is 0 Å². The summed E-state index contributed by atoms with van der Waals surface area (Å²) in [7, 11) is 0. The van der Waals surface area contributed by atoms with Crippen molar-refractivity contribution in [3.8, 4) is 0 Å². The number of ether oxygens (including phenoxy) is 1. The van der Waals surface area contributed by atoms with Gasteiger partial charge in [-0.25, -0.2) is 4.79 Å². The van der Waals surface area contributed by atoms with E-state index >= 15 is 0 Å². The number of carbonyl (C=O) groups excluding carboxylic acids is 1. The monoisotopic (exact) mass is 287 g/mol. The zero-order chi connectivity index (χ0) is 15.3. The summed E-state index contributed by atoms with van der Waals surface area (Å²) in [6, 6.07) is 7.98. The molecule has 1 amide bonds. The van der Waals surface area contributed by atoms with Gasteiger partial charge in [0, 0.05) is 41.9 Å². The number of rotatable bonds is 4. The first-order chi connectivity index (χ1) is 9.96. The number of pyridine rings is 1. The third kappa shape index (κ3) is 4.63. The number of fused-ring (bicyclic) bond motifs is 1. The van der Waals surface area contributed by atoms with Gasteiger partial charge in [0.05, 0.1) is 0 Å². The molecule has 0 aliphatic rings. The number of anilines is 1. The molecule has 0 saturated carbocycles. The summed E-state index contributed by atoms with van der Waals surface area (Å²) in [6.07, 6.45) is 3.21. The van der Waals surface area contributed by atoms with Gasteiger partial charge in [-0.15, -0.1) is 0 Å². The number of amides is 1. The Morgan fingerprint density at radius 3 is 2.81 bits per heavy atom. The Morgan fingerprint density at radius 1 is 1.24 bits per heavy atom. The maximum Gasteiger partial charge on any atom is 0.407 e. The highest BCUT2D eigenvalue weighted by Gasteiger charge is 2.15. The van der Waals surface area contributed by atoms with Gasteiger partial charge >= 0.3 is 6.09 Å². The molecule has 0 aliphatic heterocycles. The maximum atomic E-state index is 11.5. The lowest BCUT2D eigenvalue weighted by Gasteiger charge is -2.19. The molecule has 0 atom stereocenters. The minimum atomic E-state index is -0.472. The smallest absolute Gasteiger partial charge is 0.407 e. The SMILES string of the molecule is CC(C)(C)OC(=O)NCCNc1cccc2cnccc12. The van der Waals surface area contributed by atoms with E-state index in [1.807, 2.05) is 51.2 Å². The van der Waals surface area contributed by atoms with Crippen molar-refractivity contribution in [2.75, 3.05) is 18.4 Å². The van der Waals surface area contributed by atoms with Gasteiger partial charge in [0.2, 0.25) is 0 Å². The van der Waals surface area contributed by atoms with E-state index in [2.05, 4.69) is 15.6 Å². The molecular weight excluding hydrogens is 266 g/mol. The Hall–Kier alpha value is -2.30. The summed E-state index contributed by atoms with van der Waals surface area (Å²) in [5.41, 5.74) is 0.557. The van der Waals surface area contributed by atoms with Crippen LogP contribution in [0.15, 0.2) is 36.7 Å². The van der Waals surface area contributed by atoms with Crippen molar-refractivity contribution >= 4 is 22.6 Å². The van der Waals surface area contributed by atoms with E-state index < -0.39 is 11.7 Å². The van der Waals surface area contributed by atoms with Crippen molar-refractivity contribution in [3.05, 3.63) is 36.7 Å². The Morgan fingerprint density at radius 2 is 2.05 bits per heavy atom. The van der Waals surface area contributed by atoms with E-state index in [1.54, 1.807) is 6.20 Å². The molecule has 0 radical (unpaired) electrons. The maximum absolute atomic E-state index is 11.5. The van der Waals surface area contributed by atoms with E-state index in [0.29, 0.717) is 13.1 Å². The Kier molecular flexibility index (Phi) is 4.62. The van der Waals surface area contributed by atoms with Crippen LogP contribution in [0, 0.1) is 0 Å². The van der Waals surface area contributed by atoms with Crippen LogP contribution >= 0.6 is 0 Å². The van der Waals surface area contributed by atoms with Gasteiger partial charge in [-0.1, -0.05) is 12.1 Å². The highest BCUT2D eigenvalue weighted by Crippen LogP contribution is 2.21. The highest BCUT2D eigenvalue weighted by molar-refractivity contribution is 5.93. The average Bonchev–Trinajstić information content (AvgIpc) is 2.42. The number of aromatic nitrogens is 1. The van der Waals surface area contributed by atoms with Crippen LogP contribution in [0.25, 0.3) is 10.8 Å². The topological polar surface area (TPSA) is 63.2 Å². The molecule has 0 aliphatic carbocycles. The summed E-state index contributed by atoms with van der Waals surface area (Å²) < 4.78 is 5.17. The predicted octanol–water partition coefficient (Wildman–Crippen LogP) is 3.17. The normalized spacial score (nSPS) is 11.2.